The SMILES string of the molecule is O=C(Nc1c(F)cccc1F)c1nc2c(s1)-c1cc(-n3cnnc3)ccc1CCC2. The van der Waals surface area contributed by atoms with Gasteiger partial charge < -0.3 is 5.32 Å². The number of fused-ring (bicyclic) bond motifs is 3. The molecule has 0 radical (unpaired) electrons. The first kappa shape index (κ1) is 18.6. The van der Waals surface area contributed by atoms with Gasteiger partial charge in [0.15, 0.2) is 5.01 Å². The van der Waals surface area contributed by atoms with Crippen molar-refractivity contribution in [3.63, 3.8) is 0 Å². The van der Waals surface area contributed by atoms with Gasteiger partial charge in [-0.25, -0.2) is 13.8 Å². The molecule has 0 aliphatic heterocycles. The predicted molar refractivity (Wildman–Crippen MR) is 109 cm³/mol. The fraction of sp³-hybridized carbons (Fsp3) is 0.143. The smallest absolute Gasteiger partial charge is 0.284 e. The van der Waals surface area contributed by atoms with Crippen molar-refractivity contribution < 1.29 is 13.6 Å². The predicted octanol–water partition coefficient (Wildman–Crippen LogP) is 4.41. The van der Waals surface area contributed by atoms with E-state index >= 15 is 0 Å². The van der Waals surface area contributed by atoms with Crippen LogP contribution in [0.2, 0.25) is 0 Å². The molecular formula is C21H15F2N5OS. The lowest BCUT2D eigenvalue weighted by molar-refractivity contribution is 0.102. The Balaban J connectivity index is 1.53. The zero-order valence-corrected chi connectivity index (χ0v) is 16.4. The average Bonchev–Trinajstić information content (AvgIpc) is 3.39. The van der Waals surface area contributed by atoms with Crippen molar-refractivity contribution in [1.82, 2.24) is 19.7 Å². The lowest BCUT2D eigenvalue weighted by Crippen LogP contribution is -2.14. The molecule has 0 unspecified atom stereocenters. The van der Waals surface area contributed by atoms with Crippen LogP contribution >= 0.6 is 11.3 Å². The number of aromatic nitrogens is 4. The minimum absolute atomic E-state index is 0.171. The first-order valence-electron chi connectivity index (χ1n) is 9.33. The summed E-state index contributed by atoms with van der Waals surface area (Å²) in [5, 5.41) is 10.2. The molecule has 0 atom stereocenters. The van der Waals surface area contributed by atoms with Crippen molar-refractivity contribution in [1.29, 1.82) is 0 Å². The number of hydrogen-bond donors (Lipinski definition) is 1. The Labute approximate surface area is 174 Å². The summed E-state index contributed by atoms with van der Waals surface area (Å²) in [4.78, 5) is 18.1. The Hall–Kier alpha value is -3.46. The molecule has 1 amide bonds. The number of hydrogen-bond acceptors (Lipinski definition) is 5. The Morgan fingerprint density at radius 1 is 1.07 bits per heavy atom. The van der Waals surface area contributed by atoms with Gasteiger partial charge in [0.25, 0.3) is 5.91 Å². The Bertz CT molecular complexity index is 1230. The number of thiazole rings is 1. The molecule has 0 bridgehead atoms. The fourth-order valence-corrected chi connectivity index (χ4v) is 4.61. The van der Waals surface area contributed by atoms with Gasteiger partial charge in [0.2, 0.25) is 0 Å². The third-order valence-corrected chi connectivity index (χ3v) is 6.14. The number of para-hydroxylation sites is 1. The van der Waals surface area contributed by atoms with Crippen LogP contribution in [0.15, 0.2) is 49.1 Å². The van der Waals surface area contributed by atoms with Crippen molar-refractivity contribution in [3.8, 4) is 16.1 Å². The van der Waals surface area contributed by atoms with Gasteiger partial charge in [-0.1, -0.05) is 12.1 Å². The third-order valence-electron chi connectivity index (χ3n) is 5.01. The van der Waals surface area contributed by atoms with Crippen LogP contribution in [0.4, 0.5) is 14.5 Å². The van der Waals surface area contributed by atoms with Crippen molar-refractivity contribution in [2.24, 2.45) is 0 Å². The largest absolute Gasteiger partial charge is 0.315 e. The van der Waals surface area contributed by atoms with Crippen molar-refractivity contribution in [2.45, 2.75) is 19.3 Å². The molecule has 2 aromatic carbocycles. The molecule has 1 aliphatic carbocycles. The zero-order chi connectivity index (χ0) is 20.7. The minimum atomic E-state index is -0.828. The first-order valence-corrected chi connectivity index (χ1v) is 10.1. The van der Waals surface area contributed by atoms with Gasteiger partial charge in [-0.3, -0.25) is 9.36 Å². The number of nitrogens with one attached hydrogen (secondary N) is 1. The highest BCUT2D eigenvalue weighted by molar-refractivity contribution is 7.17. The zero-order valence-electron chi connectivity index (χ0n) is 15.6. The van der Waals surface area contributed by atoms with E-state index in [0.29, 0.717) is 0 Å². The number of anilines is 1. The second kappa shape index (κ2) is 7.42. The standard InChI is InChI=1S/C21H15F2N5OS/c22-15-4-2-5-16(23)18(15)27-20(29)21-26-17-6-1-3-12-7-8-13(28-10-24-25-11-28)9-14(12)19(17)30-21/h2,4-5,7-11H,1,3,6H2,(H,27,29). The molecule has 150 valence electrons. The number of carbonyl (C=O) groups is 1. The lowest BCUT2D eigenvalue weighted by Gasteiger charge is -2.09. The van der Waals surface area contributed by atoms with E-state index in [-0.39, 0.29) is 5.01 Å². The van der Waals surface area contributed by atoms with Gasteiger partial charge in [-0.2, -0.15) is 0 Å². The number of nitrogens with zero attached hydrogens (tertiary/aromatic N) is 4. The summed E-state index contributed by atoms with van der Waals surface area (Å²) < 4.78 is 29.6. The summed E-state index contributed by atoms with van der Waals surface area (Å²) >= 11 is 1.23. The van der Waals surface area contributed by atoms with Gasteiger partial charge in [-0.05, 0) is 54.7 Å². The molecule has 5 rings (SSSR count). The van der Waals surface area contributed by atoms with Gasteiger partial charge in [-0.15, -0.1) is 21.5 Å². The van der Waals surface area contributed by atoms with Crippen molar-refractivity contribution in [2.75, 3.05) is 5.32 Å². The van der Waals surface area contributed by atoms with E-state index in [0.717, 1.165) is 53.2 Å². The number of aryl methyl sites for hydroxylation is 2. The number of rotatable bonds is 3. The molecule has 0 fully saturated rings. The molecule has 1 aliphatic rings. The van der Waals surface area contributed by atoms with Crippen molar-refractivity contribution >= 4 is 22.9 Å². The van der Waals surface area contributed by atoms with E-state index in [1.807, 2.05) is 12.1 Å². The summed E-state index contributed by atoms with van der Waals surface area (Å²) in [6, 6.07) is 9.53. The molecule has 4 aromatic rings. The molecule has 30 heavy (non-hydrogen) atoms. The molecule has 9 heteroatoms. The van der Waals surface area contributed by atoms with Crippen LogP contribution in [-0.4, -0.2) is 25.7 Å². The molecule has 0 saturated carbocycles. The highest BCUT2D eigenvalue weighted by Gasteiger charge is 2.23. The molecular weight excluding hydrogens is 408 g/mol. The second-order valence-electron chi connectivity index (χ2n) is 6.91. The topological polar surface area (TPSA) is 72.7 Å². The average molecular weight is 423 g/mol. The number of amides is 1. The molecule has 2 heterocycles. The van der Waals surface area contributed by atoms with Gasteiger partial charge in [0.1, 0.15) is 30.0 Å². The molecule has 0 saturated heterocycles. The maximum Gasteiger partial charge on any atom is 0.284 e. The van der Waals surface area contributed by atoms with Gasteiger partial charge >= 0.3 is 0 Å². The normalized spacial score (nSPS) is 12.7. The highest BCUT2D eigenvalue weighted by atomic mass is 32.1. The molecule has 1 N–H and O–H groups in total. The van der Waals surface area contributed by atoms with E-state index in [1.54, 1.807) is 17.2 Å². The minimum Gasteiger partial charge on any atom is -0.315 e. The monoisotopic (exact) mass is 423 g/mol. The second-order valence-corrected chi connectivity index (χ2v) is 7.91. The van der Waals surface area contributed by atoms with Crippen molar-refractivity contribution in [3.05, 3.63) is 77.0 Å². The van der Waals surface area contributed by atoms with Crippen LogP contribution in [0.5, 0.6) is 0 Å². The van der Waals surface area contributed by atoms with E-state index in [4.69, 9.17) is 0 Å². The summed E-state index contributed by atoms with van der Waals surface area (Å²) in [5.41, 5.74) is 3.42. The number of halogens is 2. The maximum absolute atomic E-state index is 13.9. The third kappa shape index (κ3) is 3.26. The van der Waals surface area contributed by atoms with Gasteiger partial charge in [0, 0.05) is 5.69 Å². The van der Waals surface area contributed by atoms with Crippen LogP contribution in [0, 0.1) is 11.6 Å². The van der Waals surface area contributed by atoms with Crippen LogP contribution in [0.25, 0.3) is 16.1 Å². The number of benzene rings is 2. The molecule has 2 aromatic heterocycles. The maximum atomic E-state index is 13.9. The Morgan fingerprint density at radius 2 is 1.83 bits per heavy atom. The quantitative estimate of drug-likeness (QED) is 0.530. The highest BCUT2D eigenvalue weighted by Crippen LogP contribution is 2.38. The van der Waals surface area contributed by atoms with E-state index in [2.05, 4.69) is 26.6 Å². The van der Waals surface area contributed by atoms with E-state index < -0.39 is 23.2 Å². The van der Waals surface area contributed by atoms with Crippen LogP contribution in [-0.2, 0) is 12.8 Å². The molecule has 0 spiro atoms. The Kier molecular flexibility index (Phi) is 4.59. The van der Waals surface area contributed by atoms with E-state index in [1.165, 1.54) is 23.0 Å². The summed E-state index contributed by atoms with van der Waals surface area (Å²) in [7, 11) is 0. The van der Waals surface area contributed by atoms with Gasteiger partial charge in [0.05, 0.1) is 10.6 Å². The number of carbonyl (C=O) groups excluding carboxylic acids is 1. The Morgan fingerprint density at radius 3 is 2.60 bits per heavy atom. The van der Waals surface area contributed by atoms with Crippen LogP contribution < -0.4 is 5.32 Å². The summed E-state index contributed by atoms with van der Waals surface area (Å²) in [6.07, 6.45) is 5.77. The molecule has 6 nitrogen and oxygen atoms in total. The summed E-state index contributed by atoms with van der Waals surface area (Å²) in [6.45, 7) is 0. The van der Waals surface area contributed by atoms with E-state index in [9.17, 15) is 13.6 Å². The lowest BCUT2D eigenvalue weighted by atomic mass is 10.0. The van der Waals surface area contributed by atoms with Crippen LogP contribution in [0.1, 0.15) is 27.5 Å². The van der Waals surface area contributed by atoms with Crippen LogP contribution in [0.3, 0.4) is 0 Å². The fourth-order valence-electron chi connectivity index (χ4n) is 3.55. The summed E-state index contributed by atoms with van der Waals surface area (Å²) in [5.74, 6) is -2.29. The first-order chi connectivity index (χ1) is 14.6.